The SMILES string of the molecule is COc1ccc(Cl)cc1NC(=O)COC(=O)COc1ccc2c(c1)CCC2. The van der Waals surface area contributed by atoms with Crippen molar-refractivity contribution in [1.82, 2.24) is 0 Å². The summed E-state index contributed by atoms with van der Waals surface area (Å²) in [5.74, 6) is -0.0371. The molecule has 0 bridgehead atoms. The van der Waals surface area contributed by atoms with Gasteiger partial charge in [-0.3, -0.25) is 4.79 Å². The molecule has 7 heteroatoms. The Balaban J connectivity index is 1.45. The number of hydrogen-bond donors (Lipinski definition) is 1. The third-order valence-electron chi connectivity index (χ3n) is 4.23. The Hall–Kier alpha value is -2.73. The van der Waals surface area contributed by atoms with Crippen LogP contribution in [0, 0.1) is 0 Å². The molecule has 27 heavy (non-hydrogen) atoms. The average molecular weight is 390 g/mol. The van der Waals surface area contributed by atoms with Crippen LogP contribution >= 0.6 is 11.6 Å². The van der Waals surface area contributed by atoms with Crippen LogP contribution in [0.25, 0.3) is 0 Å². The molecule has 2 aromatic rings. The first kappa shape index (κ1) is 19.0. The maximum absolute atomic E-state index is 12.0. The number of esters is 1. The van der Waals surface area contributed by atoms with Gasteiger partial charge in [-0.1, -0.05) is 17.7 Å². The van der Waals surface area contributed by atoms with Crippen molar-refractivity contribution in [2.45, 2.75) is 19.3 Å². The van der Waals surface area contributed by atoms with Crippen LogP contribution in [0.5, 0.6) is 11.5 Å². The molecule has 0 aromatic heterocycles. The number of fused-ring (bicyclic) bond motifs is 1. The van der Waals surface area contributed by atoms with Crippen molar-refractivity contribution in [2.24, 2.45) is 0 Å². The molecule has 1 aliphatic carbocycles. The monoisotopic (exact) mass is 389 g/mol. The Morgan fingerprint density at radius 3 is 2.70 bits per heavy atom. The van der Waals surface area contributed by atoms with Gasteiger partial charge in [0.1, 0.15) is 11.5 Å². The molecule has 0 radical (unpaired) electrons. The van der Waals surface area contributed by atoms with Gasteiger partial charge in [-0.25, -0.2) is 4.79 Å². The average Bonchev–Trinajstić information content (AvgIpc) is 3.12. The summed E-state index contributed by atoms with van der Waals surface area (Å²) in [4.78, 5) is 23.8. The molecule has 3 rings (SSSR count). The Bertz CT molecular complexity index is 852. The number of anilines is 1. The maximum atomic E-state index is 12.0. The predicted octanol–water partition coefficient (Wildman–Crippen LogP) is 3.40. The van der Waals surface area contributed by atoms with E-state index in [2.05, 4.69) is 5.32 Å². The van der Waals surface area contributed by atoms with Crippen LogP contribution in [0.15, 0.2) is 36.4 Å². The fourth-order valence-electron chi connectivity index (χ4n) is 2.93. The number of halogens is 1. The summed E-state index contributed by atoms with van der Waals surface area (Å²) in [6.45, 7) is -0.686. The largest absolute Gasteiger partial charge is 0.495 e. The zero-order valence-electron chi connectivity index (χ0n) is 14.9. The molecule has 1 N–H and O–H groups in total. The van der Waals surface area contributed by atoms with E-state index in [1.54, 1.807) is 18.2 Å². The molecule has 0 atom stereocenters. The van der Waals surface area contributed by atoms with Gasteiger partial charge >= 0.3 is 5.97 Å². The van der Waals surface area contributed by atoms with Crippen molar-refractivity contribution in [3.05, 3.63) is 52.5 Å². The highest BCUT2D eigenvalue weighted by Gasteiger charge is 2.14. The highest BCUT2D eigenvalue weighted by Crippen LogP contribution is 2.28. The Morgan fingerprint density at radius 2 is 1.89 bits per heavy atom. The number of ether oxygens (including phenoxy) is 3. The maximum Gasteiger partial charge on any atom is 0.344 e. The van der Waals surface area contributed by atoms with Gasteiger partial charge in [0.25, 0.3) is 5.91 Å². The van der Waals surface area contributed by atoms with Gasteiger partial charge in [-0.2, -0.15) is 0 Å². The zero-order chi connectivity index (χ0) is 19.2. The second-order valence-electron chi connectivity index (χ2n) is 6.13. The first-order valence-corrected chi connectivity index (χ1v) is 8.96. The second kappa shape index (κ2) is 8.77. The first-order chi connectivity index (χ1) is 13.0. The van der Waals surface area contributed by atoms with Crippen molar-refractivity contribution in [3.63, 3.8) is 0 Å². The summed E-state index contributed by atoms with van der Waals surface area (Å²) < 4.78 is 15.5. The van der Waals surface area contributed by atoms with Crippen LogP contribution in [0.2, 0.25) is 5.02 Å². The van der Waals surface area contributed by atoms with Gasteiger partial charge in [-0.15, -0.1) is 0 Å². The lowest BCUT2D eigenvalue weighted by atomic mass is 10.1. The molecule has 0 saturated carbocycles. The van der Waals surface area contributed by atoms with Gasteiger partial charge in [0.05, 0.1) is 12.8 Å². The molecule has 0 saturated heterocycles. The molecule has 1 aliphatic rings. The normalized spacial score (nSPS) is 12.2. The number of hydrogen-bond acceptors (Lipinski definition) is 5. The number of amides is 1. The fourth-order valence-corrected chi connectivity index (χ4v) is 3.10. The molecular weight excluding hydrogens is 370 g/mol. The van der Waals surface area contributed by atoms with Gasteiger partial charge in [0.2, 0.25) is 0 Å². The first-order valence-electron chi connectivity index (χ1n) is 8.59. The number of methoxy groups -OCH3 is 1. The number of rotatable bonds is 7. The van der Waals surface area contributed by atoms with Crippen LogP contribution in [0.3, 0.4) is 0 Å². The fraction of sp³-hybridized carbons (Fsp3) is 0.300. The number of aryl methyl sites for hydroxylation is 2. The number of carbonyl (C=O) groups is 2. The van der Waals surface area contributed by atoms with Crippen LogP contribution < -0.4 is 14.8 Å². The van der Waals surface area contributed by atoms with E-state index < -0.39 is 18.5 Å². The Morgan fingerprint density at radius 1 is 1.07 bits per heavy atom. The summed E-state index contributed by atoms with van der Waals surface area (Å²) in [5, 5.41) is 3.04. The molecule has 0 unspecified atom stereocenters. The quantitative estimate of drug-likeness (QED) is 0.735. The van der Waals surface area contributed by atoms with E-state index in [-0.39, 0.29) is 6.61 Å². The van der Waals surface area contributed by atoms with Crippen molar-refractivity contribution in [3.8, 4) is 11.5 Å². The van der Waals surface area contributed by atoms with Crippen LogP contribution in [-0.2, 0) is 27.2 Å². The van der Waals surface area contributed by atoms with Gasteiger partial charge in [0.15, 0.2) is 13.2 Å². The minimum Gasteiger partial charge on any atom is -0.495 e. The minimum atomic E-state index is -0.622. The topological polar surface area (TPSA) is 73.9 Å². The lowest BCUT2D eigenvalue weighted by Crippen LogP contribution is -2.23. The molecule has 142 valence electrons. The molecule has 1 amide bonds. The van der Waals surface area contributed by atoms with E-state index in [4.69, 9.17) is 25.8 Å². The standard InChI is InChI=1S/C20H20ClNO5/c1-25-18-8-6-15(21)10-17(18)22-19(23)11-27-20(24)12-26-16-7-5-13-3-2-4-14(13)9-16/h5-10H,2-4,11-12H2,1H3,(H,22,23). The van der Waals surface area contributed by atoms with Crippen molar-refractivity contribution in [2.75, 3.05) is 25.6 Å². The molecule has 6 nitrogen and oxygen atoms in total. The van der Waals surface area contributed by atoms with E-state index in [1.807, 2.05) is 18.2 Å². The van der Waals surface area contributed by atoms with E-state index in [0.29, 0.717) is 22.2 Å². The highest BCUT2D eigenvalue weighted by molar-refractivity contribution is 6.31. The van der Waals surface area contributed by atoms with E-state index in [9.17, 15) is 9.59 Å². The van der Waals surface area contributed by atoms with Gasteiger partial charge in [0, 0.05) is 5.02 Å². The Kier molecular flexibility index (Phi) is 6.19. The molecule has 0 heterocycles. The van der Waals surface area contributed by atoms with Crippen LogP contribution in [0.4, 0.5) is 5.69 Å². The summed E-state index contributed by atoms with van der Waals surface area (Å²) in [6.07, 6.45) is 3.27. The van der Waals surface area contributed by atoms with E-state index in [1.165, 1.54) is 18.2 Å². The summed E-state index contributed by atoms with van der Waals surface area (Å²) >= 11 is 5.91. The molecule has 0 aliphatic heterocycles. The smallest absolute Gasteiger partial charge is 0.344 e. The van der Waals surface area contributed by atoms with Crippen LogP contribution in [0.1, 0.15) is 17.5 Å². The second-order valence-corrected chi connectivity index (χ2v) is 6.56. The predicted molar refractivity (Wildman–Crippen MR) is 102 cm³/mol. The Labute approximate surface area is 162 Å². The zero-order valence-corrected chi connectivity index (χ0v) is 15.7. The number of nitrogens with one attached hydrogen (secondary N) is 1. The molecular formula is C20H20ClNO5. The van der Waals surface area contributed by atoms with Crippen molar-refractivity contribution < 1.29 is 23.8 Å². The molecule has 0 spiro atoms. The lowest BCUT2D eigenvalue weighted by Gasteiger charge is -2.11. The van der Waals surface area contributed by atoms with Crippen LogP contribution in [-0.4, -0.2) is 32.2 Å². The third-order valence-corrected chi connectivity index (χ3v) is 4.46. The van der Waals surface area contributed by atoms with Gasteiger partial charge < -0.3 is 19.5 Å². The highest BCUT2D eigenvalue weighted by atomic mass is 35.5. The molecule has 2 aromatic carbocycles. The molecule has 0 fully saturated rings. The van der Waals surface area contributed by atoms with Crippen molar-refractivity contribution in [1.29, 1.82) is 0 Å². The van der Waals surface area contributed by atoms with Gasteiger partial charge in [-0.05, 0) is 60.7 Å². The van der Waals surface area contributed by atoms with Crippen molar-refractivity contribution >= 4 is 29.2 Å². The lowest BCUT2D eigenvalue weighted by molar-refractivity contribution is -0.149. The third kappa shape index (κ3) is 5.14. The number of carbonyl (C=O) groups excluding carboxylic acids is 2. The van der Waals surface area contributed by atoms with E-state index >= 15 is 0 Å². The van der Waals surface area contributed by atoms with E-state index in [0.717, 1.165) is 19.3 Å². The number of benzene rings is 2. The minimum absolute atomic E-state index is 0.257. The summed E-state index contributed by atoms with van der Waals surface area (Å²) in [6, 6.07) is 10.6. The summed E-state index contributed by atoms with van der Waals surface area (Å²) in [5.41, 5.74) is 2.99. The summed E-state index contributed by atoms with van der Waals surface area (Å²) in [7, 11) is 1.48.